The molecule has 2 atom stereocenters. The van der Waals surface area contributed by atoms with Crippen LogP contribution >= 0.6 is 0 Å². The fourth-order valence-electron chi connectivity index (χ4n) is 3.87. The van der Waals surface area contributed by atoms with Gasteiger partial charge in [0.15, 0.2) is 0 Å². The van der Waals surface area contributed by atoms with Crippen molar-refractivity contribution in [2.75, 3.05) is 0 Å². The summed E-state index contributed by atoms with van der Waals surface area (Å²) in [5.74, 6) is 0.585. The lowest BCUT2D eigenvalue weighted by molar-refractivity contribution is 0.0954. The van der Waals surface area contributed by atoms with Gasteiger partial charge in [-0.15, -0.1) is 0 Å². The molecule has 1 aromatic carbocycles. The number of amides is 1. The first-order valence-corrected chi connectivity index (χ1v) is 7.37. The first-order valence-electron chi connectivity index (χ1n) is 7.37. The molecule has 3 rings (SSSR count). The lowest BCUT2D eigenvalue weighted by Gasteiger charge is -2.34. The number of rotatable bonds is 2. The molecule has 1 amide bonds. The molecule has 1 N–H and O–H groups in total. The highest BCUT2D eigenvalue weighted by molar-refractivity contribution is 5.98. The molecular weight excluding hydrogens is 248 g/mol. The molecule has 2 bridgehead atoms. The predicted octanol–water partition coefficient (Wildman–Crippen LogP) is 3.62. The van der Waals surface area contributed by atoms with Gasteiger partial charge in [-0.3, -0.25) is 4.79 Å². The van der Waals surface area contributed by atoms with Crippen LogP contribution in [0.4, 0.5) is 0 Å². The molecule has 2 fully saturated rings. The van der Waals surface area contributed by atoms with Crippen LogP contribution in [0.3, 0.4) is 0 Å². The van der Waals surface area contributed by atoms with Crippen LogP contribution in [-0.4, -0.2) is 11.6 Å². The number of carbonyl (C=O) groups is 1. The van der Waals surface area contributed by atoms with Crippen LogP contribution in [0.15, 0.2) is 35.4 Å². The van der Waals surface area contributed by atoms with E-state index in [-0.39, 0.29) is 11.3 Å². The molecule has 106 valence electrons. The minimum Gasteiger partial charge on any atom is -0.267 e. The summed E-state index contributed by atoms with van der Waals surface area (Å²) in [6.07, 6.45) is 3.50. The third-order valence-electron chi connectivity index (χ3n) is 5.84. The summed E-state index contributed by atoms with van der Waals surface area (Å²) in [7, 11) is 0. The second-order valence-electron chi connectivity index (χ2n) is 6.86. The molecule has 0 heterocycles. The van der Waals surface area contributed by atoms with Crippen LogP contribution in [-0.2, 0) is 0 Å². The summed E-state index contributed by atoms with van der Waals surface area (Å²) in [5.41, 5.74) is 5.00. The van der Waals surface area contributed by atoms with E-state index < -0.39 is 0 Å². The maximum atomic E-state index is 12.1. The number of fused-ring (bicyclic) bond motifs is 2. The van der Waals surface area contributed by atoms with E-state index in [0.29, 0.717) is 16.9 Å². The molecule has 2 aliphatic rings. The van der Waals surface area contributed by atoms with Crippen LogP contribution in [0, 0.1) is 16.7 Å². The van der Waals surface area contributed by atoms with Gasteiger partial charge >= 0.3 is 0 Å². The fourth-order valence-corrected chi connectivity index (χ4v) is 3.87. The zero-order valence-electron chi connectivity index (χ0n) is 12.4. The number of nitrogens with zero attached hydrogens (tertiary/aromatic N) is 1. The molecule has 2 unspecified atom stereocenters. The van der Waals surface area contributed by atoms with Gasteiger partial charge in [0.25, 0.3) is 5.91 Å². The first kappa shape index (κ1) is 13.3. The minimum absolute atomic E-state index is 0.123. The molecular formula is C17H22N2O. The predicted molar refractivity (Wildman–Crippen MR) is 80.6 cm³/mol. The van der Waals surface area contributed by atoms with Gasteiger partial charge in [0, 0.05) is 16.7 Å². The molecule has 3 nitrogen and oxygen atoms in total. The van der Waals surface area contributed by atoms with Gasteiger partial charge in [0.1, 0.15) is 0 Å². The summed E-state index contributed by atoms with van der Waals surface area (Å²) < 4.78 is 0. The van der Waals surface area contributed by atoms with Gasteiger partial charge in [0.05, 0.1) is 0 Å². The molecule has 1 aromatic rings. The zero-order valence-corrected chi connectivity index (χ0v) is 12.4. The number of benzene rings is 1. The molecule has 2 aliphatic carbocycles. The second kappa shape index (κ2) is 4.44. The van der Waals surface area contributed by atoms with Gasteiger partial charge in [0.2, 0.25) is 0 Å². The normalized spacial score (nSPS) is 32.5. The van der Waals surface area contributed by atoms with Crippen LogP contribution < -0.4 is 5.43 Å². The Bertz CT molecular complexity index is 562. The average Bonchev–Trinajstić information content (AvgIpc) is 2.78. The van der Waals surface area contributed by atoms with Crippen LogP contribution in [0.25, 0.3) is 0 Å². The molecule has 0 spiro atoms. The van der Waals surface area contributed by atoms with E-state index in [2.05, 4.69) is 31.3 Å². The van der Waals surface area contributed by atoms with E-state index in [1.807, 2.05) is 30.3 Å². The average molecular weight is 270 g/mol. The number of nitrogens with one attached hydrogen (secondary N) is 1. The van der Waals surface area contributed by atoms with E-state index >= 15 is 0 Å². The maximum Gasteiger partial charge on any atom is 0.271 e. The molecule has 3 heteroatoms. The Labute approximate surface area is 120 Å². The van der Waals surface area contributed by atoms with Crippen molar-refractivity contribution in [3.05, 3.63) is 35.9 Å². The van der Waals surface area contributed by atoms with Gasteiger partial charge in [-0.05, 0) is 42.7 Å². The Morgan fingerprint density at radius 1 is 1.25 bits per heavy atom. The van der Waals surface area contributed by atoms with Crippen molar-refractivity contribution in [3.63, 3.8) is 0 Å². The van der Waals surface area contributed by atoms with Crippen LogP contribution in [0.5, 0.6) is 0 Å². The summed E-state index contributed by atoms with van der Waals surface area (Å²) in [5, 5.41) is 4.47. The Morgan fingerprint density at radius 3 is 2.50 bits per heavy atom. The van der Waals surface area contributed by atoms with Gasteiger partial charge < -0.3 is 0 Å². The van der Waals surface area contributed by atoms with Crippen molar-refractivity contribution in [1.82, 2.24) is 5.43 Å². The Kier molecular flexibility index (Phi) is 2.96. The molecule has 0 radical (unpaired) electrons. The molecule has 20 heavy (non-hydrogen) atoms. The topological polar surface area (TPSA) is 41.5 Å². The summed E-state index contributed by atoms with van der Waals surface area (Å²) in [6.45, 7) is 6.98. The highest BCUT2D eigenvalue weighted by atomic mass is 16.2. The van der Waals surface area contributed by atoms with Gasteiger partial charge in [-0.25, -0.2) is 5.43 Å². The van der Waals surface area contributed by atoms with Crippen molar-refractivity contribution in [2.45, 2.75) is 40.0 Å². The quantitative estimate of drug-likeness (QED) is 0.819. The Balaban J connectivity index is 1.77. The highest BCUT2D eigenvalue weighted by Gasteiger charge is 2.59. The minimum atomic E-state index is -0.123. The summed E-state index contributed by atoms with van der Waals surface area (Å²) in [6, 6.07) is 9.25. The highest BCUT2D eigenvalue weighted by Crippen LogP contribution is 2.63. The van der Waals surface area contributed by atoms with E-state index in [1.165, 1.54) is 18.6 Å². The monoisotopic (exact) mass is 270 g/mol. The number of hydrazone groups is 1. The zero-order chi connectivity index (χ0) is 14.4. The van der Waals surface area contributed by atoms with Crippen molar-refractivity contribution in [3.8, 4) is 0 Å². The van der Waals surface area contributed by atoms with E-state index in [0.717, 1.165) is 6.42 Å². The largest absolute Gasteiger partial charge is 0.271 e. The lowest BCUT2D eigenvalue weighted by atomic mass is 9.70. The van der Waals surface area contributed by atoms with Crippen molar-refractivity contribution < 1.29 is 4.79 Å². The van der Waals surface area contributed by atoms with E-state index in [9.17, 15) is 4.79 Å². The van der Waals surface area contributed by atoms with Crippen LogP contribution in [0.1, 0.15) is 50.4 Å². The third kappa shape index (κ3) is 1.80. The molecule has 0 saturated heterocycles. The summed E-state index contributed by atoms with van der Waals surface area (Å²) in [4.78, 5) is 12.1. The van der Waals surface area contributed by atoms with Gasteiger partial charge in [-0.1, -0.05) is 39.0 Å². The van der Waals surface area contributed by atoms with Crippen molar-refractivity contribution in [2.24, 2.45) is 21.8 Å². The first-order chi connectivity index (χ1) is 9.45. The molecule has 0 aliphatic heterocycles. The number of carbonyl (C=O) groups excluding carboxylic acids is 1. The SMILES string of the molecule is CC12CCC(C/C1=N/NC(=O)c1ccccc1)C2(C)C. The standard InChI is InChI=1S/C17H22N2O/c1-16(2)13-9-10-17(16,3)14(11-13)18-19-15(20)12-7-5-4-6-8-12/h4-8,13H,9-11H2,1-3H3,(H,19,20)/b18-14-. The van der Waals surface area contributed by atoms with Crippen LogP contribution in [0.2, 0.25) is 0 Å². The number of hydrogen-bond donors (Lipinski definition) is 1. The number of hydrogen-bond acceptors (Lipinski definition) is 2. The van der Waals surface area contributed by atoms with Crippen molar-refractivity contribution in [1.29, 1.82) is 0 Å². The Hall–Kier alpha value is -1.64. The Morgan fingerprint density at radius 2 is 1.95 bits per heavy atom. The second-order valence-corrected chi connectivity index (χ2v) is 6.86. The molecule has 0 aromatic heterocycles. The van der Waals surface area contributed by atoms with Crippen molar-refractivity contribution >= 4 is 11.6 Å². The third-order valence-corrected chi connectivity index (χ3v) is 5.84. The van der Waals surface area contributed by atoms with E-state index in [4.69, 9.17) is 0 Å². The maximum absolute atomic E-state index is 12.1. The smallest absolute Gasteiger partial charge is 0.267 e. The van der Waals surface area contributed by atoms with Gasteiger partial charge in [-0.2, -0.15) is 5.10 Å². The fraction of sp³-hybridized carbons (Fsp3) is 0.529. The summed E-state index contributed by atoms with van der Waals surface area (Å²) >= 11 is 0. The van der Waals surface area contributed by atoms with E-state index in [1.54, 1.807) is 0 Å². The lowest BCUT2D eigenvalue weighted by Crippen LogP contribution is -2.34. The molecule has 2 saturated carbocycles.